The maximum Gasteiger partial charge on any atom is 0.272 e. The molecular weight excluding hydrogens is 450 g/mol. The van der Waals surface area contributed by atoms with E-state index in [0.29, 0.717) is 33.5 Å². The third-order valence-electron chi connectivity index (χ3n) is 4.73. The van der Waals surface area contributed by atoms with Crippen LogP contribution in [0.3, 0.4) is 0 Å². The number of halogens is 1. The van der Waals surface area contributed by atoms with Crippen molar-refractivity contribution in [3.63, 3.8) is 0 Å². The van der Waals surface area contributed by atoms with Crippen molar-refractivity contribution in [1.82, 2.24) is 14.9 Å². The molecule has 0 bridgehead atoms. The molecule has 2 heterocycles. The number of fused-ring (bicyclic) bond motifs is 1. The molecule has 0 saturated heterocycles. The smallest absolute Gasteiger partial charge is 0.272 e. The summed E-state index contributed by atoms with van der Waals surface area (Å²) in [6.07, 6.45) is 0. The first-order valence-electron chi connectivity index (χ1n) is 9.67. The highest BCUT2D eigenvalue weighted by molar-refractivity contribution is 7.99. The molecule has 0 fully saturated rings. The van der Waals surface area contributed by atoms with Gasteiger partial charge in [0.05, 0.1) is 17.8 Å². The molecular formula is C23H20ClN3O2S2. The largest absolute Gasteiger partial charge is 0.351 e. The van der Waals surface area contributed by atoms with Crippen molar-refractivity contribution in [1.29, 1.82) is 0 Å². The molecule has 1 amide bonds. The molecule has 0 atom stereocenters. The average molecular weight is 470 g/mol. The van der Waals surface area contributed by atoms with E-state index in [2.05, 4.69) is 10.3 Å². The predicted octanol–water partition coefficient (Wildman–Crippen LogP) is 4.88. The van der Waals surface area contributed by atoms with Crippen molar-refractivity contribution in [2.75, 3.05) is 5.75 Å². The van der Waals surface area contributed by atoms with Gasteiger partial charge >= 0.3 is 0 Å². The van der Waals surface area contributed by atoms with Gasteiger partial charge in [-0.25, -0.2) is 4.98 Å². The lowest BCUT2D eigenvalue weighted by atomic mass is 10.1. The highest BCUT2D eigenvalue weighted by Gasteiger charge is 2.14. The molecule has 31 heavy (non-hydrogen) atoms. The Labute approximate surface area is 193 Å². The summed E-state index contributed by atoms with van der Waals surface area (Å²) >= 11 is 8.55. The standard InChI is InChI=1S/C23H20ClN3O2S2/c1-15-2-4-17(5-3-15)13-27-22(29)21-19(10-11-30-21)26-23(27)31-14-20(28)25-12-16-6-8-18(24)9-7-16/h2-11H,12-14H2,1H3,(H,25,28). The lowest BCUT2D eigenvalue weighted by molar-refractivity contribution is -0.118. The SMILES string of the molecule is Cc1ccc(Cn2c(SCC(=O)NCc3ccc(Cl)cc3)nc3ccsc3c2=O)cc1. The molecule has 5 nitrogen and oxygen atoms in total. The zero-order valence-electron chi connectivity index (χ0n) is 16.8. The van der Waals surface area contributed by atoms with Gasteiger partial charge in [0.2, 0.25) is 5.91 Å². The minimum atomic E-state index is -0.124. The van der Waals surface area contributed by atoms with Gasteiger partial charge in [-0.2, -0.15) is 0 Å². The van der Waals surface area contributed by atoms with Crippen LogP contribution in [0.25, 0.3) is 10.2 Å². The van der Waals surface area contributed by atoms with E-state index in [0.717, 1.165) is 16.7 Å². The molecule has 0 aliphatic heterocycles. The highest BCUT2D eigenvalue weighted by Crippen LogP contribution is 2.22. The molecule has 1 N–H and O–H groups in total. The van der Waals surface area contributed by atoms with Crippen LogP contribution in [0.2, 0.25) is 5.02 Å². The van der Waals surface area contributed by atoms with E-state index in [1.807, 2.05) is 54.8 Å². The van der Waals surface area contributed by atoms with E-state index in [1.54, 1.807) is 16.7 Å². The van der Waals surface area contributed by atoms with E-state index < -0.39 is 0 Å². The first-order chi connectivity index (χ1) is 15.0. The molecule has 0 aliphatic rings. The highest BCUT2D eigenvalue weighted by atomic mass is 35.5. The summed E-state index contributed by atoms with van der Waals surface area (Å²) in [4.78, 5) is 30.1. The molecule has 0 spiro atoms. The van der Waals surface area contributed by atoms with E-state index in [9.17, 15) is 9.59 Å². The van der Waals surface area contributed by atoms with Crippen LogP contribution >= 0.6 is 34.7 Å². The van der Waals surface area contributed by atoms with Gasteiger partial charge < -0.3 is 5.32 Å². The number of aromatic nitrogens is 2. The zero-order chi connectivity index (χ0) is 21.8. The van der Waals surface area contributed by atoms with Crippen LogP contribution in [0.4, 0.5) is 0 Å². The summed E-state index contributed by atoms with van der Waals surface area (Å²) in [6.45, 7) is 2.86. The Morgan fingerprint density at radius 1 is 1.10 bits per heavy atom. The number of carbonyl (C=O) groups is 1. The lowest BCUT2D eigenvalue weighted by Crippen LogP contribution is -2.26. The van der Waals surface area contributed by atoms with Crippen molar-refractivity contribution in [2.24, 2.45) is 0 Å². The van der Waals surface area contributed by atoms with E-state index in [1.165, 1.54) is 23.1 Å². The van der Waals surface area contributed by atoms with E-state index in [4.69, 9.17) is 11.6 Å². The van der Waals surface area contributed by atoms with Gasteiger partial charge in [0.15, 0.2) is 5.16 Å². The summed E-state index contributed by atoms with van der Waals surface area (Å²) < 4.78 is 2.28. The number of thiophene rings is 1. The Kier molecular flexibility index (Phi) is 6.75. The third kappa shape index (κ3) is 5.36. The summed E-state index contributed by atoms with van der Waals surface area (Å²) in [7, 11) is 0. The fourth-order valence-corrected chi connectivity index (χ4v) is 4.77. The second-order valence-corrected chi connectivity index (χ2v) is 9.39. The summed E-state index contributed by atoms with van der Waals surface area (Å²) in [5.41, 5.74) is 3.73. The van der Waals surface area contributed by atoms with Crippen LogP contribution in [-0.4, -0.2) is 21.2 Å². The second-order valence-electron chi connectivity index (χ2n) is 7.10. The summed E-state index contributed by atoms with van der Waals surface area (Å²) in [6, 6.07) is 17.2. The molecule has 8 heteroatoms. The fourth-order valence-electron chi connectivity index (χ4n) is 3.03. The summed E-state index contributed by atoms with van der Waals surface area (Å²) in [5.74, 6) is 0.0466. The summed E-state index contributed by atoms with van der Waals surface area (Å²) in [5, 5.41) is 5.96. The number of rotatable bonds is 7. The minimum Gasteiger partial charge on any atom is -0.351 e. The van der Waals surface area contributed by atoms with Gasteiger partial charge in [0, 0.05) is 11.6 Å². The molecule has 4 aromatic rings. The normalized spacial score (nSPS) is 11.0. The molecule has 0 saturated carbocycles. The van der Waals surface area contributed by atoms with Crippen LogP contribution in [0.5, 0.6) is 0 Å². The molecule has 2 aromatic heterocycles. The van der Waals surface area contributed by atoms with Crippen molar-refractivity contribution < 1.29 is 4.79 Å². The second kappa shape index (κ2) is 9.68. The van der Waals surface area contributed by atoms with Crippen molar-refractivity contribution in [3.05, 3.63) is 92.0 Å². The zero-order valence-corrected chi connectivity index (χ0v) is 19.2. The first kappa shape index (κ1) is 21.6. The Morgan fingerprint density at radius 2 is 1.81 bits per heavy atom. The maximum atomic E-state index is 13.1. The van der Waals surface area contributed by atoms with Crippen LogP contribution in [0, 0.1) is 6.92 Å². The molecule has 2 aromatic carbocycles. The van der Waals surface area contributed by atoms with Crippen LogP contribution < -0.4 is 10.9 Å². The number of thioether (sulfide) groups is 1. The number of aryl methyl sites for hydroxylation is 1. The number of nitrogens with zero attached hydrogens (tertiary/aromatic N) is 2. The molecule has 0 unspecified atom stereocenters. The number of amides is 1. The van der Waals surface area contributed by atoms with Gasteiger partial charge in [-0.05, 0) is 41.6 Å². The maximum absolute atomic E-state index is 13.1. The number of hydrogen-bond acceptors (Lipinski definition) is 5. The van der Waals surface area contributed by atoms with Gasteiger partial charge in [-0.1, -0.05) is 65.3 Å². The van der Waals surface area contributed by atoms with Gasteiger partial charge in [0.1, 0.15) is 4.70 Å². The fraction of sp³-hybridized carbons (Fsp3) is 0.174. The number of nitrogens with one attached hydrogen (secondary N) is 1. The van der Waals surface area contributed by atoms with Crippen molar-refractivity contribution >= 4 is 50.8 Å². The predicted molar refractivity (Wildman–Crippen MR) is 128 cm³/mol. The Hall–Kier alpha value is -2.61. The van der Waals surface area contributed by atoms with Crippen molar-refractivity contribution in [2.45, 2.75) is 25.2 Å². The molecule has 4 rings (SSSR count). The topological polar surface area (TPSA) is 64.0 Å². The quantitative estimate of drug-likeness (QED) is 0.309. The van der Waals surface area contributed by atoms with Crippen LogP contribution in [0.1, 0.15) is 16.7 Å². The Morgan fingerprint density at radius 3 is 2.55 bits per heavy atom. The monoisotopic (exact) mass is 469 g/mol. The molecule has 0 radical (unpaired) electrons. The Bertz CT molecular complexity index is 1260. The van der Waals surface area contributed by atoms with Crippen molar-refractivity contribution in [3.8, 4) is 0 Å². The molecule has 158 valence electrons. The van der Waals surface area contributed by atoms with Crippen LogP contribution in [-0.2, 0) is 17.9 Å². The number of hydrogen-bond donors (Lipinski definition) is 1. The van der Waals surface area contributed by atoms with E-state index in [-0.39, 0.29) is 17.2 Å². The number of carbonyl (C=O) groups excluding carboxylic acids is 1. The minimum absolute atomic E-state index is 0.0790. The Balaban J connectivity index is 1.50. The first-order valence-corrected chi connectivity index (χ1v) is 11.9. The average Bonchev–Trinajstić information content (AvgIpc) is 3.24. The number of benzene rings is 2. The third-order valence-corrected chi connectivity index (χ3v) is 6.85. The van der Waals surface area contributed by atoms with E-state index >= 15 is 0 Å². The molecule has 0 aliphatic carbocycles. The van der Waals surface area contributed by atoms with Gasteiger partial charge in [0.25, 0.3) is 5.56 Å². The van der Waals surface area contributed by atoms with Gasteiger partial charge in [-0.3, -0.25) is 14.2 Å². The van der Waals surface area contributed by atoms with Crippen LogP contribution in [0.15, 0.2) is 69.9 Å². The van der Waals surface area contributed by atoms with Gasteiger partial charge in [-0.15, -0.1) is 11.3 Å². The lowest BCUT2D eigenvalue weighted by Gasteiger charge is -2.12.